The van der Waals surface area contributed by atoms with Gasteiger partial charge in [-0.05, 0) is 31.5 Å². The monoisotopic (exact) mass is 332 g/mol. The molecule has 0 spiro atoms. The summed E-state index contributed by atoms with van der Waals surface area (Å²) in [6.45, 7) is 5.28. The summed E-state index contributed by atoms with van der Waals surface area (Å²) in [5.74, 6) is 0.0765. The van der Waals surface area contributed by atoms with E-state index >= 15 is 0 Å². The molecule has 1 aromatic carbocycles. The first kappa shape index (κ1) is 15.5. The van der Waals surface area contributed by atoms with Crippen LogP contribution < -0.4 is 10.6 Å². The van der Waals surface area contributed by atoms with Crippen LogP contribution in [0.4, 0.5) is 0 Å². The van der Waals surface area contributed by atoms with E-state index in [2.05, 4.69) is 26.6 Å². The Bertz CT molecular complexity index is 410. The molecular weight excluding hydrogens is 316 g/mol. The minimum Gasteiger partial charge on any atom is -0.354 e. The number of hydrogen-bond donors (Lipinski definition) is 2. The average Bonchev–Trinajstić information content (AvgIpc) is 2.25. The maximum Gasteiger partial charge on any atom is 0.221 e. The van der Waals surface area contributed by atoms with E-state index in [0.717, 1.165) is 10.0 Å². The van der Waals surface area contributed by atoms with Crippen LogP contribution in [0, 0.1) is 0 Å². The molecule has 0 aromatic heterocycles. The quantitative estimate of drug-likeness (QED) is 0.785. The summed E-state index contributed by atoms with van der Waals surface area (Å²) in [6.07, 6.45) is 0.489. The molecule has 0 bridgehead atoms. The van der Waals surface area contributed by atoms with Crippen LogP contribution in [-0.2, 0) is 11.3 Å². The maximum atomic E-state index is 11.4. The summed E-state index contributed by atoms with van der Waals surface area (Å²) in [5, 5.41) is 6.80. The van der Waals surface area contributed by atoms with Gasteiger partial charge in [0, 0.05) is 35.0 Å². The second-order valence-electron chi connectivity index (χ2n) is 4.38. The highest BCUT2D eigenvalue weighted by Crippen LogP contribution is 2.21. The molecule has 0 unspecified atom stereocenters. The summed E-state index contributed by atoms with van der Waals surface area (Å²) in [6, 6.07) is 5.88. The lowest BCUT2D eigenvalue weighted by Gasteiger charge is -2.09. The zero-order chi connectivity index (χ0) is 13.5. The molecule has 2 N–H and O–H groups in total. The Labute approximate surface area is 121 Å². The largest absolute Gasteiger partial charge is 0.354 e. The van der Waals surface area contributed by atoms with Crippen molar-refractivity contribution >= 4 is 33.4 Å². The summed E-state index contributed by atoms with van der Waals surface area (Å²) < 4.78 is 0.981. The van der Waals surface area contributed by atoms with Gasteiger partial charge in [-0.2, -0.15) is 0 Å². The van der Waals surface area contributed by atoms with Crippen molar-refractivity contribution in [1.82, 2.24) is 10.6 Å². The van der Waals surface area contributed by atoms with Crippen LogP contribution in [0.2, 0.25) is 5.02 Å². The van der Waals surface area contributed by atoms with E-state index in [1.807, 2.05) is 32.0 Å². The van der Waals surface area contributed by atoms with Crippen molar-refractivity contribution in [3.8, 4) is 0 Å². The topological polar surface area (TPSA) is 41.1 Å². The number of carbonyl (C=O) groups excluding carboxylic acids is 1. The van der Waals surface area contributed by atoms with Gasteiger partial charge in [0.1, 0.15) is 0 Å². The van der Waals surface area contributed by atoms with Gasteiger partial charge < -0.3 is 10.6 Å². The van der Waals surface area contributed by atoms with Gasteiger partial charge in [0.2, 0.25) is 5.91 Å². The van der Waals surface area contributed by atoms with Gasteiger partial charge in [-0.25, -0.2) is 0 Å². The molecule has 5 heteroatoms. The van der Waals surface area contributed by atoms with Crippen molar-refractivity contribution < 1.29 is 4.79 Å². The molecule has 0 atom stereocenters. The highest BCUT2D eigenvalue weighted by molar-refractivity contribution is 9.10. The molecule has 3 nitrogen and oxygen atoms in total. The second-order valence-corrected chi connectivity index (χ2v) is 5.68. The van der Waals surface area contributed by atoms with Crippen LogP contribution in [-0.4, -0.2) is 18.5 Å². The Hall–Kier alpha value is -0.580. The van der Waals surface area contributed by atoms with E-state index in [9.17, 15) is 4.79 Å². The standard InChI is InChI=1S/C13H18BrClN2O/c1-9(2)17-13(18)5-6-16-8-10-3-4-11(15)7-12(10)14/h3-4,7,9,16H,5-6,8H2,1-2H3,(H,17,18). The minimum absolute atomic E-state index is 0.0765. The minimum atomic E-state index is 0.0765. The van der Waals surface area contributed by atoms with Crippen LogP contribution in [0.3, 0.4) is 0 Å². The lowest BCUT2D eigenvalue weighted by atomic mass is 10.2. The van der Waals surface area contributed by atoms with Crippen molar-refractivity contribution in [1.29, 1.82) is 0 Å². The molecule has 1 amide bonds. The van der Waals surface area contributed by atoms with E-state index in [4.69, 9.17) is 11.6 Å². The van der Waals surface area contributed by atoms with E-state index in [1.54, 1.807) is 0 Å². The Kier molecular flexibility index (Phi) is 6.68. The third-order valence-electron chi connectivity index (χ3n) is 2.31. The average molecular weight is 334 g/mol. The van der Waals surface area contributed by atoms with E-state index in [0.29, 0.717) is 24.5 Å². The van der Waals surface area contributed by atoms with Crippen LogP contribution in [0.1, 0.15) is 25.8 Å². The molecule has 0 aliphatic heterocycles. The van der Waals surface area contributed by atoms with E-state index in [-0.39, 0.29) is 11.9 Å². The fourth-order valence-corrected chi connectivity index (χ4v) is 2.31. The zero-order valence-corrected chi connectivity index (χ0v) is 12.9. The third-order valence-corrected chi connectivity index (χ3v) is 3.28. The molecule has 1 rings (SSSR count). The summed E-state index contributed by atoms with van der Waals surface area (Å²) in [4.78, 5) is 11.4. The number of rotatable bonds is 6. The van der Waals surface area contributed by atoms with Gasteiger partial charge in [0.15, 0.2) is 0 Å². The highest BCUT2D eigenvalue weighted by atomic mass is 79.9. The van der Waals surface area contributed by atoms with Crippen LogP contribution >= 0.6 is 27.5 Å². The number of benzene rings is 1. The smallest absolute Gasteiger partial charge is 0.221 e. The summed E-state index contributed by atoms with van der Waals surface area (Å²) in [5.41, 5.74) is 1.13. The second kappa shape index (κ2) is 7.77. The van der Waals surface area contributed by atoms with Crippen LogP contribution in [0.15, 0.2) is 22.7 Å². The fourth-order valence-electron chi connectivity index (χ4n) is 1.48. The molecule has 0 aliphatic carbocycles. The van der Waals surface area contributed by atoms with Crippen LogP contribution in [0.5, 0.6) is 0 Å². The van der Waals surface area contributed by atoms with Crippen molar-refractivity contribution in [3.05, 3.63) is 33.3 Å². The molecule has 0 aliphatic rings. The fraction of sp³-hybridized carbons (Fsp3) is 0.462. The Morgan fingerprint density at radius 3 is 2.78 bits per heavy atom. The van der Waals surface area contributed by atoms with Crippen LogP contribution in [0.25, 0.3) is 0 Å². The van der Waals surface area contributed by atoms with Crippen molar-refractivity contribution in [3.63, 3.8) is 0 Å². The summed E-state index contributed by atoms with van der Waals surface area (Å²) >= 11 is 9.32. The molecular formula is C13H18BrClN2O. The lowest BCUT2D eigenvalue weighted by Crippen LogP contribution is -2.32. The molecule has 0 saturated carbocycles. The van der Waals surface area contributed by atoms with Gasteiger partial charge in [-0.3, -0.25) is 4.79 Å². The van der Waals surface area contributed by atoms with E-state index < -0.39 is 0 Å². The maximum absolute atomic E-state index is 11.4. The predicted molar refractivity (Wildman–Crippen MR) is 78.8 cm³/mol. The SMILES string of the molecule is CC(C)NC(=O)CCNCc1ccc(Cl)cc1Br. The molecule has 0 heterocycles. The first-order valence-corrected chi connectivity index (χ1v) is 7.10. The zero-order valence-electron chi connectivity index (χ0n) is 10.6. The Morgan fingerprint density at radius 2 is 2.17 bits per heavy atom. The van der Waals surface area contributed by atoms with Gasteiger partial charge in [0.05, 0.1) is 0 Å². The van der Waals surface area contributed by atoms with E-state index in [1.165, 1.54) is 0 Å². The van der Waals surface area contributed by atoms with Gasteiger partial charge >= 0.3 is 0 Å². The number of hydrogen-bond acceptors (Lipinski definition) is 2. The molecule has 100 valence electrons. The highest BCUT2D eigenvalue weighted by Gasteiger charge is 2.03. The Balaban J connectivity index is 2.27. The summed E-state index contributed by atoms with van der Waals surface area (Å²) in [7, 11) is 0. The van der Waals surface area contributed by atoms with Crippen molar-refractivity contribution in [2.45, 2.75) is 32.9 Å². The van der Waals surface area contributed by atoms with Crippen molar-refractivity contribution in [2.75, 3.05) is 6.54 Å². The lowest BCUT2D eigenvalue weighted by molar-refractivity contribution is -0.121. The first-order valence-electron chi connectivity index (χ1n) is 5.93. The molecule has 0 fully saturated rings. The van der Waals surface area contributed by atoms with Gasteiger partial charge in [-0.1, -0.05) is 33.6 Å². The number of carbonyl (C=O) groups is 1. The first-order chi connectivity index (χ1) is 8.49. The molecule has 0 radical (unpaired) electrons. The number of amides is 1. The molecule has 18 heavy (non-hydrogen) atoms. The van der Waals surface area contributed by atoms with Crippen molar-refractivity contribution in [2.24, 2.45) is 0 Å². The van der Waals surface area contributed by atoms with Gasteiger partial charge in [0.25, 0.3) is 0 Å². The van der Waals surface area contributed by atoms with Gasteiger partial charge in [-0.15, -0.1) is 0 Å². The predicted octanol–water partition coefficient (Wildman–Crippen LogP) is 3.11. The third kappa shape index (κ3) is 5.85. The number of halogens is 2. The molecule has 0 saturated heterocycles. The molecule has 1 aromatic rings. The normalized spacial score (nSPS) is 10.7. The Morgan fingerprint density at radius 1 is 1.44 bits per heavy atom. The number of nitrogens with one attached hydrogen (secondary N) is 2.